The Bertz CT molecular complexity index is 1080. The van der Waals surface area contributed by atoms with Gasteiger partial charge in [0.25, 0.3) is 5.60 Å². The molecule has 0 aliphatic carbocycles. The largest absolute Gasteiger partial charge is 0.372 e. The molecule has 0 bridgehead atoms. The first-order valence-electron chi connectivity index (χ1n) is 8.98. The van der Waals surface area contributed by atoms with Gasteiger partial charge in [-0.1, -0.05) is 59.8 Å². The molecule has 0 fully saturated rings. The highest BCUT2D eigenvalue weighted by Crippen LogP contribution is 2.38. The van der Waals surface area contributed by atoms with Crippen LogP contribution >= 0.6 is 0 Å². The van der Waals surface area contributed by atoms with E-state index < -0.39 is 5.60 Å². The van der Waals surface area contributed by atoms with Gasteiger partial charge in [-0.25, -0.2) is 0 Å². The first-order valence-corrected chi connectivity index (χ1v) is 8.98. The van der Waals surface area contributed by atoms with Crippen LogP contribution in [0.1, 0.15) is 17.7 Å². The molecule has 6 heteroatoms. The molecule has 28 heavy (non-hydrogen) atoms. The Morgan fingerprint density at radius 2 is 1.61 bits per heavy atom. The molecule has 3 heterocycles. The molecule has 5 rings (SSSR count). The van der Waals surface area contributed by atoms with E-state index in [1.807, 2.05) is 78.9 Å². The van der Waals surface area contributed by atoms with E-state index >= 15 is 0 Å². The SMILES string of the molecule is O=C1N(c2ccccc2)N=C(c2ccccc2)C12CC(c1ccccn1)=NO2. The quantitative estimate of drug-likeness (QED) is 0.712. The highest BCUT2D eigenvalue weighted by atomic mass is 16.7. The summed E-state index contributed by atoms with van der Waals surface area (Å²) < 4.78 is 0. The Kier molecular flexibility index (Phi) is 3.76. The monoisotopic (exact) mass is 368 g/mol. The number of pyridine rings is 1. The molecule has 0 radical (unpaired) electrons. The normalized spacial score (nSPS) is 20.9. The third kappa shape index (κ3) is 2.50. The molecule has 1 atom stereocenters. The number of oxime groups is 1. The first kappa shape index (κ1) is 16.4. The standard InChI is InChI=1S/C22H16N4O2/c27-21-22(15-19(25-28-22)18-13-7-8-14-23-18)20(16-9-3-1-4-10-16)24-26(21)17-11-5-2-6-12-17/h1-14H,15H2. The van der Waals surface area contributed by atoms with Crippen molar-refractivity contribution in [3.63, 3.8) is 0 Å². The summed E-state index contributed by atoms with van der Waals surface area (Å²) in [6, 6.07) is 24.5. The molecular formula is C22H16N4O2. The lowest BCUT2D eigenvalue weighted by Crippen LogP contribution is -2.47. The molecule has 1 spiro atoms. The fourth-order valence-electron chi connectivity index (χ4n) is 3.48. The van der Waals surface area contributed by atoms with E-state index in [0.717, 1.165) is 5.56 Å². The van der Waals surface area contributed by atoms with Gasteiger partial charge in [-0.3, -0.25) is 9.78 Å². The number of carbonyl (C=O) groups excluding carboxylic acids is 1. The van der Waals surface area contributed by atoms with Crippen molar-refractivity contribution in [2.24, 2.45) is 10.3 Å². The summed E-state index contributed by atoms with van der Waals surface area (Å²) >= 11 is 0. The van der Waals surface area contributed by atoms with Gasteiger partial charge in [0.2, 0.25) is 0 Å². The van der Waals surface area contributed by atoms with Crippen LogP contribution in [0, 0.1) is 0 Å². The second-order valence-electron chi connectivity index (χ2n) is 6.62. The van der Waals surface area contributed by atoms with Crippen LogP contribution in [-0.2, 0) is 9.63 Å². The van der Waals surface area contributed by atoms with E-state index in [2.05, 4.69) is 15.2 Å². The summed E-state index contributed by atoms with van der Waals surface area (Å²) in [5.74, 6) is -0.257. The van der Waals surface area contributed by atoms with Gasteiger partial charge in [-0.05, 0) is 24.3 Å². The maximum atomic E-state index is 13.5. The number of carbonyl (C=O) groups is 1. The van der Waals surface area contributed by atoms with Crippen molar-refractivity contribution < 1.29 is 9.63 Å². The van der Waals surface area contributed by atoms with Crippen LogP contribution < -0.4 is 5.01 Å². The summed E-state index contributed by atoms with van der Waals surface area (Å²) in [7, 11) is 0. The topological polar surface area (TPSA) is 67.2 Å². The average molecular weight is 368 g/mol. The lowest BCUT2D eigenvalue weighted by atomic mass is 9.87. The molecule has 136 valence electrons. The van der Waals surface area contributed by atoms with E-state index in [0.29, 0.717) is 22.8 Å². The third-order valence-electron chi connectivity index (χ3n) is 4.86. The zero-order valence-corrected chi connectivity index (χ0v) is 14.9. The molecule has 6 nitrogen and oxygen atoms in total. The van der Waals surface area contributed by atoms with E-state index in [4.69, 9.17) is 4.84 Å². The van der Waals surface area contributed by atoms with Crippen LogP contribution in [0.15, 0.2) is 95.3 Å². The van der Waals surface area contributed by atoms with Crippen molar-refractivity contribution in [2.75, 3.05) is 5.01 Å². The predicted octanol–water partition coefficient (Wildman–Crippen LogP) is 3.40. The second-order valence-corrected chi connectivity index (χ2v) is 6.62. The number of amides is 1. The maximum Gasteiger partial charge on any atom is 0.301 e. The highest BCUT2D eigenvalue weighted by molar-refractivity contribution is 6.30. The number of para-hydroxylation sites is 1. The number of aromatic nitrogens is 1. The summed E-state index contributed by atoms with van der Waals surface area (Å²) in [6.07, 6.45) is 1.97. The van der Waals surface area contributed by atoms with E-state index in [1.165, 1.54) is 5.01 Å². The Balaban J connectivity index is 1.59. The summed E-state index contributed by atoms with van der Waals surface area (Å²) in [5, 5.41) is 10.3. The van der Waals surface area contributed by atoms with Crippen LogP contribution in [0.5, 0.6) is 0 Å². The van der Waals surface area contributed by atoms with Gasteiger partial charge in [0.15, 0.2) is 0 Å². The van der Waals surface area contributed by atoms with Gasteiger partial charge in [-0.15, -0.1) is 0 Å². The fraction of sp³-hybridized carbons (Fsp3) is 0.0909. The van der Waals surface area contributed by atoms with Crippen LogP contribution in [0.2, 0.25) is 0 Å². The number of hydrogen-bond acceptors (Lipinski definition) is 5. The molecule has 0 N–H and O–H groups in total. The van der Waals surface area contributed by atoms with Gasteiger partial charge < -0.3 is 4.84 Å². The van der Waals surface area contributed by atoms with Crippen molar-refractivity contribution >= 4 is 23.0 Å². The lowest BCUT2D eigenvalue weighted by molar-refractivity contribution is -0.131. The summed E-state index contributed by atoms with van der Waals surface area (Å²) in [5.41, 5.74) is 2.10. The molecule has 1 aromatic heterocycles. The number of anilines is 1. The minimum Gasteiger partial charge on any atom is -0.372 e. The number of rotatable bonds is 3. The molecule has 2 aliphatic rings. The first-order chi connectivity index (χ1) is 13.8. The van der Waals surface area contributed by atoms with Crippen LogP contribution in [-0.4, -0.2) is 27.9 Å². The van der Waals surface area contributed by atoms with Gasteiger partial charge in [0, 0.05) is 11.8 Å². The Labute approximate surface area is 161 Å². The van der Waals surface area contributed by atoms with Crippen molar-refractivity contribution in [1.82, 2.24) is 4.98 Å². The summed E-state index contributed by atoms with van der Waals surface area (Å²) in [6.45, 7) is 0. The lowest BCUT2D eigenvalue weighted by Gasteiger charge is -2.21. The highest BCUT2D eigenvalue weighted by Gasteiger charge is 2.58. The van der Waals surface area contributed by atoms with Crippen LogP contribution in [0.25, 0.3) is 0 Å². The second kappa shape index (κ2) is 6.42. The van der Waals surface area contributed by atoms with Gasteiger partial charge >= 0.3 is 5.91 Å². The molecule has 1 amide bonds. The zero-order valence-electron chi connectivity index (χ0n) is 14.9. The van der Waals surface area contributed by atoms with E-state index in [-0.39, 0.29) is 12.3 Å². The zero-order chi connectivity index (χ0) is 19.0. The van der Waals surface area contributed by atoms with Crippen molar-refractivity contribution in [1.29, 1.82) is 0 Å². The molecule has 0 saturated heterocycles. The van der Waals surface area contributed by atoms with Crippen molar-refractivity contribution in [3.8, 4) is 0 Å². The van der Waals surface area contributed by atoms with Crippen molar-refractivity contribution in [2.45, 2.75) is 12.0 Å². The predicted molar refractivity (Wildman–Crippen MR) is 106 cm³/mol. The number of hydrogen-bond donors (Lipinski definition) is 0. The molecular weight excluding hydrogens is 352 g/mol. The minimum atomic E-state index is -1.29. The number of benzene rings is 2. The molecule has 2 aliphatic heterocycles. The Morgan fingerprint density at radius 1 is 0.893 bits per heavy atom. The summed E-state index contributed by atoms with van der Waals surface area (Å²) in [4.78, 5) is 23.6. The fourth-order valence-corrected chi connectivity index (χ4v) is 3.48. The number of nitrogens with zero attached hydrogens (tertiary/aromatic N) is 4. The average Bonchev–Trinajstić information content (AvgIpc) is 3.33. The smallest absolute Gasteiger partial charge is 0.301 e. The molecule has 2 aromatic carbocycles. The maximum absolute atomic E-state index is 13.5. The Hall–Kier alpha value is -3.80. The third-order valence-corrected chi connectivity index (χ3v) is 4.86. The van der Waals surface area contributed by atoms with E-state index in [9.17, 15) is 4.79 Å². The van der Waals surface area contributed by atoms with Gasteiger partial charge in [-0.2, -0.15) is 10.1 Å². The molecule has 1 unspecified atom stereocenters. The molecule has 3 aromatic rings. The molecule has 0 saturated carbocycles. The van der Waals surface area contributed by atoms with Gasteiger partial charge in [0.05, 0.1) is 17.8 Å². The Morgan fingerprint density at radius 3 is 2.32 bits per heavy atom. The number of hydrazone groups is 1. The minimum absolute atomic E-state index is 0.257. The van der Waals surface area contributed by atoms with Crippen molar-refractivity contribution in [3.05, 3.63) is 96.3 Å². The van der Waals surface area contributed by atoms with Crippen LogP contribution in [0.3, 0.4) is 0 Å². The van der Waals surface area contributed by atoms with Gasteiger partial charge in [0.1, 0.15) is 11.4 Å². The van der Waals surface area contributed by atoms with Crippen LogP contribution in [0.4, 0.5) is 5.69 Å². The van der Waals surface area contributed by atoms with E-state index in [1.54, 1.807) is 6.20 Å².